The second-order valence-corrected chi connectivity index (χ2v) is 9.01. The second-order valence-electron chi connectivity index (χ2n) is 9.01. The Kier molecular flexibility index (Phi) is 8.74. The molecular formula is C25H28F4N4O4. The van der Waals surface area contributed by atoms with Crippen LogP contribution >= 0.6 is 0 Å². The minimum Gasteiger partial charge on any atom is -0.475 e. The molecule has 1 aliphatic rings. The summed E-state index contributed by atoms with van der Waals surface area (Å²) in [5.74, 6) is -3.23. The van der Waals surface area contributed by atoms with Gasteiger partial charge in [0.15, 0.2) is 0 Å². The number of carbonyl (C=O) groups excluding carboxylic acids is 1. The van der Waals surface area contributed by atoms with Gasteiger partial charge >= 0.3 is 17.8 Å². The van der Waals surface area contributed by atoms with Gasteiger partial charge in [0.1, 0.15) is 11.3 Å². The molecule has 1 saturated heterocycles. The molecule has 1 aliphatic heterocycles. The number of benzene rings is 2. The van der Waals surface area contributed by atoms with Crippen LogP contribution in [0.4, 0.5) is 17.6 Å². The van der Waals surface area contributed by atoms with Crippen LogP contribution in [0.5, 0.6) is 0 Å². The number of hydrogen-bond acceptors (Lipinski definition) is 4. The topological polar surface area (TPSA) is 107 Å². The summed E-state index contributed by atoms with van der Waals surface area (Å²) in [6.07, 6.45) is -3.47. The van der Waals surface area contributed by atoms with Gasteiger partial charge in [-0.2, -0.15) is 13.2 Å². The highest BCUT2D eigenvalue weighted by atomic mass is 19.4. The molecule has 4 rings (SSSR count). The number of rotatable bonds is 5. The molecule has 3 N–H and O–H groups in total. The van der Waals surface area contributed by atoms with E-state index in [1.165, 1.54) is 6.07 Å². The van der Waals surface area contributed by atoms with E-state index in [1.54, 1.807) is 16.7 Å². The summed E-state index contributed by atoms with van der Waals surface area (Å²) in [6.45, 7) is 6.40. The van der Waals surface area contributed by atoms with Gasteiger partial charge in [-0.05, 0) is 51.0 Å². The number of amides is 1. The summed E-state index contributed by atoms with van der Waals surface area (Å²) < 4.78 is 47.4. The summed E-state index contributed by atoms with van der Waals surface area (Å²) in [7, 11) is 0. The number of aryl methyl sites for hydroxylation is 1. The fourth-order valence-electron chi connectivity index (χ4n) is 4.28. The van der Waals surface area contributed by atoms with Crippen LogP contribution in [0.25, 0.3) is 11.0 Å². The molecule has 0 bridgehead atoms. The van der Waals surface area contributed by atoms with E-state index in [0.29, 0.717) is 11.1 Å². The lowest BCUT2D eigenvalue weighted by atomic mass is 10.0. The molecule has 0 spiro atoms. The number of fused-ring (bicyclic) bond motifs is 1. The normalized spacial score (nSPS) is 15.6. The highest BCUT2D eigenvalue weighted by Crippen LogP contribution is 2.25. The third-order valence-corrected chi connectivity index (χ3v) is 6.09. The number of likely N-dealkylation sites (tertiary alicyclic amines) is 1. The van der Waals surface area contributed by atoms with Crippen LogP contribution in [-0.2, 0) is 4.79 Å². The Balaban J connectivity index is 0.000000479. The van der Waals surface area contributed by atoms with Gasteiger partial charge in [-0.3, -0.25) is 9.36 Å². The Bertz CT molecular complexity index is 1290. The van der Waals surface area contributed by atoms with E-state index < -0.39 is 18.0 Å². The number of aromatic amines is 1. The molecule has 0 saturated carbocycles. The molecule has 0 radical (unpaired) electrons. The van der Waals surface area contributed by atoms with Crippen LogP contribution in [0, 0.1) is 12.7 Å². The molecule has 3 aromatic rings. The van der Waals surface area contributed by atoms with Crippen molar-refractivity contribution in [2.45, 2.75) is 44.9 Å². The monoisotopic (exact) mass is 524 g/mol. The maximum atomic E-state index is 14.0. The molecule has 2 aromatic carbocycles. The Morgan fingerprint density at radius 2 is 1.73 bits per heavy atom. The van der Waals surface area contributed by atoms with Crippen LogP contribution in [-0.4, -0.2) is 63.3 Å². The van der Waals surface area contributed by atoms with Gasteiger partial charge in [0.25, 0.3) is 5.91 Å². The quantitative estimate of drug-likeness (QED) is 0.440. The smallest absolute Gasteiger partial charge is 0.475 e. The Morgan fingerprint density at radius 1 is 1.14 bits per heavy atom. The summed E-state index contributed by atoms with van der Waals surface area (Å²) in [6, 6.07) is 12.4. The second kappa shape index (κ2) is 11.6. The number of aromatic nitrogens is 2. The predicted molar refractivity (Wildman–Crippen MR) is 129 cm³/mol. The number of alkyl halides is 3. The summed E-state index contributed by atoms with van der Waals surface area (Å²) >= 11 is 0. The van der Waals surface area contributed by atoms with Crippen LogP contribution in [0.15, 0.2) is 47.3 Å². The first-order chi connectivity index (χ1) is 17.4. The predicted octanol–water partition coefficient (Wildman–Crippen LogP) is 3.87. The highest BCUT2D eigenvalue weighted by molar-refractivity contribution is 5.94. The van der Waals surface area contributed by atoms with Crippen LogP contribution in [0.1, 0.15) is 41.7 Å². The number of carboxylic acid groups (broad SMARTS) is 1. The van der Waals surface area contributed by atoms with Gasteiger partial charge < -0.3 is 20.3 Å². The molecule has 1 fully saturated rings. The number of para-hydroxylation sites is 1. The van der Waals surface area contributed by atoms with E-state index in [2.05, 4.69) is 15.2 Å². The van der Waals surface area contributed by atoms with Crippen molar-refractivity contribution in [3.63, 3.8) is 0 Å². The SMILES string of the molecule is Cc1ccc(C(=O)N[C@@H](C)CN2CCC(n3c(=O)[nH]c4c(F)cccc43)CC2)cc1.O=C(O)C(F)(F)F. The molecule has 8 nitrogen and oxygen atoms in total. The number of carbonyl (C=O) groups is 2. The number of H-pyrrole nitrogens is 1. The lowest BCUT2D eigenvalue weighted by molar-refractivity contribution is -0.192. The third-order valence-electron chi connectivity index (χ3n) is 6.09. The Hall–Kier alpha value is -3.67. The molecule has 37 heavy (non-hydrogen) atoms. The molecule has 2 heterocycles. The average molecular weight is 525 g/mol. The molecule has 1 amide bonds. The number of aliphatic carboxylic acids is 1. The van der Waals surface area contributed by atoms with Crippen molar-refractivity contribution in [1.82, 2.24) is 19.8 Å². The Labute approximate surface area is 209 Å². The van der Waals surface area contributed by atoms with Crippen LogP contribution in [0.3, 0.4) is 0 Å². The molecule has 1 aromatic heterocycles. The van der Waals surface area contributed by atoms with Gasteiger partial charge in [-0.15, -0.1) is 0 Å². The van der Waals surface area contributed by atoms with Crippen molar-refractivity contribution in [1.29, 1.82) is 0 Å². The molecule has 1 atom stereocenters. The van der Waals surface area contributed by atoms with Crippen molar-refractivity contribution >= 4 is 22.9 Å². The maximum absolute atomic E-state index is 14.0. The minimum absolute atomic E-state index is 0.0141. The third kappa shape index (κ3) is 7.19. The lowest BCUT2D eigenvalue weighted by Crippen LogP contribution is -2.45. The van der Waals surface area contributed by atoms with Crippen molar-refractivity contribution < 1.29 is 32.3 Å². The molecule has 0 unspecified atom stereocenters. The molecule has 12 heteroatoms. The van der Waals surface area contributed by atoms with E-state index in [1.807, 2.05) is 38.1 Å². The lowest BCUT2D eigenvalue weighted by Gasteiger charge is -2.34. The molecule has 0 aliphatic carbocycles. The number of carboxylic acids is 1. The number of halogens is 4. The summed E-state index contributed by atoms with van der Waals surface area (Å²) in [4.78, 5) is 38.7. The zero-order valence-corrected chi connectivity index (χ0v) is 20.3. The van der Waals surface area contributed by atoms with E-state index in [9.17, 15) is 27.2 Å². The maximum Gasteiger partial charge on any atom is 0.490 e. The van der Waals surface area contributed by atoms with Crippen LogP contribution < -0.4 is 11.0 Å². The van der Waals surface area contributed by atoms with Gasteiger partial charge in [0.05, 0.1) is 5.52 Å². The van der Waals surface area contributed by atoms with Crippen molar-refractivity contribution in [2.24, 2.45) is 0 Å². The van der Waals surface area contributed by atoms with Crippen molar-refractivity contribution in [3.8, 4) is 0 Å². The fraction of sp³-hybridized carbons (Fsp3) is 0.400. The Morgan fingerprint density at radius 3 is 2.30 bits per heavy atom. The summed E-state index contributed by atoms with van der Waals surface area (Å²) in [5.41, 5.74) is 2.43. The number of hydrogen-bond donors (Lipinski definition) is 3. The van der Waals surface area contributed by atoms with Crippen molar-refractivity contribution in [2.75, 3.05) is 19.6 Å². The number of imidazole rings is 1. The van der Waals surface area contributed by atoms with Gasteiger partial charge in [-0.25, -0.2) is 14.0 Å². The first kappa shape index (κ1) is 27.9. The van der Waals surface area contributed by atoms with Crippen molar-refractivity contribution in [3.05, 3.63) is 69.9 Å². The first-order valence-corrected chi connectivity index (χ1v) is 11.7. The number of nitrogens with zero attached hydrogens (tertiary/aromatic N) is 2. The summed E-state index contributed by atoms with van der Waals surface area (Å²) in [5, 5.41) is 10.2. The average Bonchev–Trinajstić information content (AvgIpc) is 3.17. The largest absolute Gasteiger partial charge is 0.490 e. The standard InChI is InChI=1S/C23H27FN4O2.C2HF3O2/c1-15-6-8-17(9-7-15)22(29)25-16(2)14-27-12-10-18(11-13-27)28-20-5-3-4-19(24)21(20)26-23(28)30;3-2(4,5)1(6)7/h3-9,16,18H,10-14H2,1-2H3,(H,25,29)(H,26,30);(H,6,7)/t16-;/m0./s1. The van der Waals surface area contributed by atoms with E-state index in [0.717, 1.165) is 38.0 Å². The van der Waals surface area contributed by atoms with E-state index in [-0.39, 0.29) is 29.2 Å². The van der Waals surface area contributed by atoms with E-state index in [4.69, 9.17) is 9.90 Å². The molecule has 200 valence electrons. The zero-order chi connectivity index (χ0) is 27.3. The minimum atomic E-state index is -5.08. The van der Waals surface area contributed by atoms with Gasteiger partial charge in [-0.1, -0.05) is 23.8 Å². The molecular weight excluding hydrogens is 496 g/mol. The first-order valence-electron chi connectivity index (χ1n) is 11.7. The fourth-order valence-corrected chi connectivity index (χ4v) is 4.28. The van der Waals surface area contributed by atoms with Gasteiger partial charge in [0.2, 0.25) is 0 Å². The van der Waals surface area contributed by atoms with Gasteiger partial charge in [0, 0.05) is 37.3 Å². The zero-order valence-electron chi connectivity index (χ0n) is 20.3. The van der Waals surface area contributed by atoms with E-state index >= 15 is 0 Å². The van der Waals surface area contributed by atoms with Crippen LogP contribution in [0.2, 0.25) is 0 Å². The number of piperidine rings is 1. The number of nitrogens with one attached hydrogen (secondary N) is 2. The highest BCUT2D eigenvalue weighted by Gasteiger charge is 2.38.